The molecule has 4 heteroatoms. The maximum Gasteiger partial charge on any atom is 0.123 e. The van der Waals surface area contributed by atoms with Crippen LogP contribution >= 0.6 is 22.9 Å². The second-order valence-corrected chi connectivity index (χ2v) is 6.33. The number of thiophene rings is 1. The van der Waals surface area contributed by atoms with Crippen molar-refractivity contribution < 1.29 is 4.39 Å². The SMILES string of the molecule is Cc1cc(-c2ccc(N)cc2Cl)sc1-c1ccc(F)cc1. The summed E-state index contributed by atoms with van der Waals surface area (Å²) in [6, 6.07) is 14.2. The number of aryl methyl sites for hydroxylation is 1. The minimum Gasteiger partial charge on any atom is -0.399 e. The summed E-state index contributed by atoms with van der Waals surface area (Å²) in [7, 11) is 0. The molecular weight excluding hydrogens is 305 g/mol. The van der Waals surface area contributed by atoms with Gasteiger partial charge in [0.05, 0.1) is 5.02 Å². The van der Waals surface area contributed by atoms with Gasteiger partial charge in [0.15, 0.2) is 0 Å². The number of hydrogen-bond donors (Lipinski definition) is 1. The van der Waals surface area contributed by atoms with Crippen LogP contribution in [0.4, 0.5) is 10.1 Å². The van der Waals surface area contributed by atoms with Crippen LogP contribution < -0.4 is 5.73 Å². The van der Waals surface area contributed by atoms with E-state index in [0.717, 1.165) is 26.4 Å². The Hall–Kier alpha value is -1.84. The van der Waals surface area contributed by atoms with Gasteiger partial charge in [0.25, 0.3) is 0 Å². The third-order valence-electron chi connectivity index (χ3n) is 3.28. The van der Waals surface area contributed by atoms with Crippen LogP contribution in [-0.4, -0.2) is 0 Å². The lowest BCUT2D eigenvalue weighted by molar-refractivity contribution is 0.628. The van der Waals surface area contributed by atoms with E-state index in [1.165, 1.54) is 12.1 Å². The van der Waals surface area contributed by atoms with Crippen molar-refractivity contribution in [2.45, 2.75) is 6.92 Å². The molecule has 0 aliphatic heterocycles. The van der Waals surface area contributed by atoms with Crippen molar-refractivity contribution in [2.75, 3.05) is 5.73 Å². The number of nitrogens with two attached hydrogens (primary N) is 1. The van der Waals surface area contributed by atoms with E-state index in [4.69, 9.17) is 17.3 Å². The first-order valence-electron chi connectivity index (χ1n) is 6.46. The maximum atomic E-state index is 13.0. The molecule has 1 heterocycles. The summed E-state index contributed by atoms with van der Waals surface area (Å²) in [5.41, 5.74) is 9.50. The normalized spacial score (nSPS) is 10.8. The standard InChI is InChI=1S/C17H13ClFNS/c1-10-8-16(14-7-6-13(20)9-15(14)18)21-17(10)11-2-4-12(19)5-3-11/h2-9H,20H2,1H3. The summed E-state index contributed by atoms with van der Waals surface area (Å²) in [6.45, 7) is 2.05. The Labute approximate surface area is 131 Å². The molecule has 0 aliphatic rings. The van der Waals surface area contributed by atoms with Crippen molar-refractivity contribution in [1.29, 1.82) is 0 Å². The predicted molar refractivity (Wildman–Crippen MR) is 89.3 cm³/mol. The monoisotopic (exact) mass is 317 g/mol. The van der Waals surface area contributed by atoms with Gasteiger partial charge in [-0.05, 0) is 48.4 Å². The highest BCUT2D eigenvalue weighted by Gasteiger charge is 2.12. The van der Waals surface area contributed by atoms with Gasteiger partial charge in [-0.1, -0.05) is 29.8 Å². The highest BCUT2D eigenvalue weighted by atomic mass is 35.5. The minimum atomic E-state index is -0.227. The fourth-order valence-electron chi connectivity index (χ4n) is 2.23. The second kappa shape index (κ2) is 5.51. The van der Waals surface area contributed by atoms with Crippen LogP contribution in [0.3, 0.4) is 0 Å². The zero-order chi connectivity index (χ0) is 15.0. The summed E-state index contributed by atoms with van der Waals surface area (Å²) in [4.78, 5) is 2.20. The first kappa shape index (κ1) is 14.1. The maximum absolute atomic E-state index is 13.0. The van der Waals surface area contributed by atoms with Crippen LogP contribution in [0.15, 0.2) is 48.5 Å². The number of benzene rings is 2. The highest BCUT2D eigenvalue weighted by Crippen LogP contribution is 2.40. The molecule has 0 fully saturated rings. The van der Waals surface area contributed by atoms with Crippen molar-refractivity contribution in [3.05, 3.63) is 64.9 Å². The molecule has 0 unspecified atom stereocenters. The summed E-state index contributed by atoms with van der Waals surface area (Å²) in [6.07, 6.45) is 0. The van der Waals surface area contributed by atoms with Crippen LogP contribution in [0.1, 0.15) is 5.56 Å². The fraction of sp³-hybridized carbons (Fsp3) is 0.0588. The van der Waals surface area contributed by atoms with Gasteiger partial charge in [-0.2, -0.15) is 0 Å². The van der Waals surface area contributed by atoms with E-state index in [-0.39, 0.29) is 5.82 Å². The summed E-state index contributed by atoms with van der Waals surface area (Å²) in [5.74, 6) is -0.227. The molecular formula is C17H13ClFNS. The van der Waals surface area contributed by atoms with Gasteiger partial charge in [-0.15, -0.1) is 11.3 Å². The molecule has 21 heavy (non-hydrogen) atoms. The molecule has 3 rings (SSSR count). The molecule has 0 spiro atoms. The van der Waals surface area contributed by atoms with Gasteiger partial charge >= 0.3 is 0 Å². The lowest BCUT2D eigenvalue weighted by atomic mass is 10.1. The van der Waals surface area contributed by atoms with Crippen molar-refractivity contribution in [1.82, 2.24) is 0 Å². The smallest absolute Gasteiger partial charge is 0.123 e. The van der Waals surface area contributed by atoms with E-state index in [9.17, 15) is 4.39 Å². The Kier molecular flexibility index (Phi) is 3.70. The average molecular weight is 318 g/mol. The Bertz CT molecular complexity index is 793. The number of anilines is 1. The molecule has 1 nitrogen and oxygen atoms in total. The van der Waals surface area contributed by atoms with E-state index >= 15 is 0 Å². The topological polar surface area (TPSA) is 26.0 Å². The molecule has 0 amide bonds. The third-order valence-corrected chi connectivity index (χ3v) is 4.91. The first-order valence-corrected chi connectivity index (χ1v) is 7.66. The van der Waals surface area contributed by atoms with Crippen LogP contribution in [0.5, 0.6) is 0 Å². The number of rotatable bonds is 2. The Morgan fingerprint density at radius 2 is 1.76 bits per heavy atom. The Morgan fingerprint density at radius 3 is 2.43 bits per heavy atom. The van der Waals surface area contributed by atoms with E-state index in [0.29, 0.717) is 10.7 Å². The summed E-state index contributed by atoms with van der Waals surface area (Å²) >= 11 is 7.91. The van der Waals surface area contributed by atoms with E-state index < -0.39 is 0 Å². The quantitative estimate of drug-likeness (QED) is 0.597. The van der Waals surface area contributed by atoms with Gasteiger partial charge < -0.3 is 5.73 Å². The Morgan fingerprint density at radius 1 is 1.05 bits per heavy atom. The fourth-order valence-corrected chi connectivity index (χ4v) is 3.80. The highest BCUT2D eigenvalue weighted by molar-refractivity contribution is 7.19. The molecule has 1 aromatic heterocycles. The molecule has 0 saturated heterocycles. The number of halogens is 2. The van der Waals surface area contributed by atoms with Crippen molar-refractivity contribution in [3.8, 4) is 20.9 Å². The molecule has 0 bridgehead atoms. The average Bonchev–Trinajstić information content (AvgIpc) is 2.81. The first-order chi connectivity index (χ1) is 10.0. The number of hydrogen-bond acceptors (Lipinski definition) is 2. The van der Waals surface area contributed by atoms with Gasteiger partial charge in [-0.3, -0.25) is 0 Å². The third kappa shape index (κ3) is 2.80. The van der Waals surface area contributed by atoms with Gasteiger partial charge in [0.2, 0.25) is 0 Å². The van der Waals surface area contributed by atoms with Gasteiger partial charge in [0.1, 0.15) is 5.82 Å². The zero-order valence-corrected chi connectivity index (χ0v) is 12.9. The molecule has 0 aliphatic carbocycles. The predicted octanol–water partition coefficient (Wildman–Crippen LogP) is 5.77. The molecule has 0 radical (unpaired) electrons. The van der Waals surface area contributed by atoms with Crippen molar-refractivity contribution in [3.63, 3.8) is 0 Å². The van der Waals surface area contributed by atoms with E-state index in [1.807, 2.05) is 19.1 Å². The van der Waals surface area contributed by atoms with Crippen LogP contribution in [0, 0.1) is 12.7 Å². The summed E-state index contributed by atoms with van der Waals surface area (Å²) < 4.78 is 13.0. The van der Waals surface area contributed by atoms with Crippen LogP contribution in [0.2, 0.25) is 5.02 Å². The van der Waals surface area contributed by atoms with Crippen LogP contribution in [0.25, 0.3) is 20.9 Å². The molecule has 2 N–H and O–H groups in total. The van der Waals surface area contributed by atoms with E-state index in [1.54, 1.807) is 29.5 Å². The molecule has 0 atom stereocenters. The molecule has 3 aromatic rings. The summed E-state index contributed by atoms with van der Waals surface area (Å²) in [5, 5.41) is 0.641. The Balaban J connectivity index is 2.07. The lowest BCUT2D eigenvalue weighted by Crippen LogP contribution is -1.84. The van der Waals surface area contributed by atoms with Gasteiger partial charge in [-0.25, -0.2) is 4.39 Å². The van der Waals surface area contributed by atoms with Crippen molar-refractivity contribution in [2.24, 2.45) is 0 Å². The zero-order valence-electron chi connectivity index (χ0n) is 11.4. The molecule has 0 saturated carbocycles. The second-order valence-electron chi connectivity index (χ2n) is 4.87. The van der Waals surface area contributed by atoms with Crippen LogP contribution in [-0.2, 0) is 0 Å². The number of nitrogen functional groups attached to an aromatic ring is 1. The molecule has 2 aromatic carbocycles. The molecule has 106 valence electrons. The van der Waals surface area contributed by atoms with Crippen molar-refractivity contribution >= 4 is 28.6 Å². The lowest BCUT2D eigenvalue weighted by Gasteiger charge is -2.02. The largest absolute Gasteiger partial charge is 0.399 e. The van der Waals surface area contributed by atoms with Gasteiger partial charge in [0, 0.05) is 21.0 Å². The minimum absolute atomic E-state index is 0.227. The van der Waals surface area contributed by atoms with E-state index in [2.05, 4.69) is 6.07 Å².